The second-order valence-electron chi connectivity index (χ2n) is 11.0. The topological polar surface area (TPSA) is 84.9 Å². The second kappa shape index (κ2) is 11.0. The monoisotopic (exact) mass is 558 g/mol. The lowest BCUT2D eigenvalue weighted by atomic mass is 9.72. The summed E-state index contributed by atoms with van der Waals surface area (Å²) < 4.78 is 55.1. The third-order valence-corrected chi connectivity index (χ3v) is 7.45. The van der Waals surface area contributed by atoms with E-state index in [4.69, 9.17) is 9.47 Å². The first-order valence-corrected chi connectivity index (χ1v) is 13.0. The van der Waals surface area contributed by atoms with Crippen LogP contribution in [0.3, 0.4) is 0 Å². The fourth-order valence-corrected chi connectivity index (χ4v) is 5.42. The number of aryl methyl sites for hydroxylation is 1. The number of allylic oxidation sites excluding steroid dienone is 1. The molecule has 1 aliphatic heterocycles. The second-order valence-corrected chi connectivity index (χ2v) is 11.0. The number of amides is 2. The van der Waals surface area contributed by atoms with Crippen LogP contribution in [0.1, 0.15) is 44.2 Å². The number of halogens is 3. The number of hydrogen-bond acceptors (Lipinski definition) is 5. The Labute approximate surface area is 231 Å². The fraction of sp³-hybridized carbons (Fsp3) is 0.433. The zero-order valence-corrected chi connectivity index (χ0v) is 23.0. The lowest BCUT2D eigenvalue weighted by molar-refractivity contribution is -0.194. The molecule has 2 aliphatic rings. The fourth-order valence-electron chi connectivity index (χ4n) is 5.42. The van der Waals surface area contributed by atoms with E-state index in [9.17, 15) is 27.6 Å². The van der Waals surface area contributed by atoms with Crippen LogP contribution in [-0.2, 0) is 27.2 Å². The summed E-state index contributed by atoms with van der Waals surface area (Å²) in [5.74, 6) is -1.86. The third kappa shape index (κ3) is 5.57. The minimum Gasteiger partial charge on any atom is -0.497 e. The highest BCUT2D eigenvalue weighted by atomic mass is 19.4. The lowest BCUT2D eigenvalue weighted by Gasteiger charge is -2.35. The third-order valence-electron chi connectivity index (χ3n) is 7.45. The SMILES string of the molecule is COc1ccc(CCC(=O)NC2(C(F)(F)F)C(=O)N(CCc3ccc(OC)cc3)C3=C2C(=O)CC(C)(C)C3)cc1. The van der Waals surface area contributed by atoms with E-state index in [1.807, 2.05) is 5.32 Å². The van der Waals surface area contributed by atoms with Crippen LogP contribution < -0.4 is 14.8 Å². The largest absolute Gasteiger partial charge is 0.497 e. The van der Waals surface area contributed by atoms with Crippen molar-refractivity contribution in [1.29, 1.82) is 0 Å². The molecule has 1 aliphatic carbocycles. The maximum Gasteiger partial charge on any atom is 0.425 e. The molecule has 0 aromatic heterocycles. The van der Waals surface area contributed by atoms with Gasteiger partial charge in [0, 0.05) is 25.1 Å². The highest BCUT2D eigenvalue weighted by Crippen LogP contribution is 2.51. The van der Waals surface area contributed by atoms with Gasteiger partial charge in [-0.3, -0.25) is 14.4 Å². The number of benzene rings is 2. The lowest BCUT2D eigenvalue weighted by Crippen LogP contribution is -2.66. The van der Waals surface area contributed by atoms with Crippen molar-refractivity contribution in [2.75, 3.05) is 20.8 Å². The standard InChI is InChI=1S/C30H33F3N2O5/c1-28(2)17-23-26(24(36)18-28)29(30(31,32)33,34-25(37)14-9-19-5-10-21(39-3)11-6-19)27(38)35(23)16-15-20-7-12-22(40-4)13-8-20/h5-8,10-13H,9,14-18H2,1-4H3,(H,34,37). The van der Waals surface area contributed by atoms with Crippen molar-refractivity contribution in [3.63, 3.8) is 0 Å². The number of hydrogen-bond donors (Lipinski definition) is 1. The number of Topliss-reactive ketones (excluding diaryl/α,β-unsaturated/α-hetero) is 1. The van der Waals surface area contributed by atoms with Crippen LogP contribution in [0.15, 0.2) is 59.8 Å². The number of nitrogens with one attached hydrogen (secondary N) is 1. The molecule has 10 heteroatoms. The molecule has 7 nitrogen and oxygen atoms in total. The number of carbonyl (C=O) groups is 3. The van der Waals surface area contributed by atoms with E-state index >= 15 is 0 Å². The normalized spacial score (nSPS) is 20.4. The molecule has 0 bridgehead atoms. The molecule has 2 aromatic carbocycles. The Morgan fingerprint density at radius 1 is 0.900 bits per heavy atom. The van der Waals surface area contributed by atoms with Gasteiger partial charge in [-0.05, 0) is 60.1 Å². The van der Waals surface area contributed by atoms with Crippen LogP contribution in [0.25, 0.3) is 0 Å². The molecular formula is C30H33F3N2O5. The summed E-state index contributed by atoms with van der Waals surface area (Å²) in [5, 5.41) is 2.00. The van der Waals surface area contributed by atoms with Gasteiger partial charge >= 0.3 is 6.18 Å². The zero-order valence-electron chi connectivity index (χ0n) is 23.0. The van der Waals surface area contributed by atoms with Crippen LogP contribution in [0, 0.1) is 5.41 Å². The number of nitrogens with zero attached hydrogens (tertiary/aromatic N) is 1. The average molecular weight is 559 g/mol. The van der Waals surface area contributed by atoms with Crippen LogP contribution in [0.4, 0.5) is 13.2 Å². The van der Waals surface area contributed by atoms with Gasteiger partial charge in [-0.25, -0.2) is 0 Å². The maximum absolute atomic E-state index is 15.0. The Balaban J connectivity index is 1.65. The number of ether oxygens (including phenoxy) is 2. The quantitative estimate of drug-likeness (QED) is 0.479. The Hall–Kier alpha value is -3.82. The summed E-state index contributed by atoms with van der Waals surface area (Å²) >= 11 is 0. The number of methoxy groups -OCH3 is 2. The molecule has 214 valence electrons. The van der Waals surface area contributed by atoms with Gasteiger partial charge in [0.2, 0.25) is 11.4 Å². The van der Waals surface area contributed by atoms with Gasteiger partial charge in [0.1, 0.15) is 11.5 Å². The van der Waals surface area contributed by atoms with Crippen molar-refractivity contribution < 1.29 is 37.0 Å². The molecule has 0 fully saturated rings. The Morgan fingerprint density at radius 2 is 1.43 bits per heavy atom. The van der Waals surface area contributed by atoms with Crippen LogP contribution in [0.5, 0.6) is 11.5 Å². The number of alkyl halides is 3. The molecule has 1 heterocycles. The summed E-state index contributed by atoms with van der Waals surface area (Å²) in [6.07, 6.45) is -5.20. The molecule has 2 amide bonds. The molecule has 1 unspecified atom stereocenters. The predicted octanol–water partition coefficient (Wildman–Crippen LogP) is 4.78. The van der Waals surface area contributed by atoms with E-state index in [0.717, 1.165) is 10.5 Å². The van der Waals surface area contributed by atoms with E-state index in [1.165, 1.54) is 14.2 Å². The minimum atomic E-state index is -5.23. The van der Waals surface area contributed by atoms with Gasteiger partial charge in [-0.15, -0.1) is 0 Å². The number of ketones is 1. The van der Waals surface area contributed by atoms with Crippen molar-refractivity contribution in [3.8, 4) is 11.5 Å². The van der Waals surface area contributed by atoms with E-state index < -0.39 is 40.3 Å². The molecule has 0 radical (unpaired) electrons. The maximum atomic E-state index is 15.0. The first-order valence-electron chi connectivity index (χ1n) is 13.0. The van der Waals surface area contributed by atoms with E-state index in [0.29, 0.717) is 17.1 Å². The van der Waals surface area contributed by atoms with Crippen LogP contribution in [-0.4, -0.2) is 55.0 Å². The molecule has 4 rings (SSSR count). The minimum absolute atomic E-state index is 0.0348. The molecule has 0 saturated carbocycles. The van der Waals surface area contributed by atoms with E-state index in [1.54, 1.807) is 62.4 Å². The summed E-state index contributed by atoms with van der Waals surface area (Å²) in [4.78, 5) is 41.1. The van der Waals surface area contributed by atoms with Gasteiger partial charge in [-0.1, -0.05) is 38.1 Å². The van der Waals surface area contributed by atoms with E-state index in [-0.39, 0.29) is 44.3 Å². The first kappa shape index (κ1) is 29.2. The van der Waals surface area contributed by atoms with Gasteiger partial charge in [-0.2, -0.15) is 13.2 Å². The van der Waals surface area contributed by atoms with E-state index in [2.05, 4.69) is 0 Å². The smallest absolute Gasteiger partial charge is 0.425 e. The number of rotatable bonds is 9. The summed E-state index contributed by atoms with van der Waals surface area (Å²) in [7, 11) is 3.03. The average Bonchev–Trinajstić information content (AvgIpc) is 3.13. The first-order chi connectivity index (χ1) is 18.8. The molecule has 40 heavy (non-hydrogen) atoms. The Kier molecular flexibility index (Phi) is 8.01. The van der Waals surface area contributed by atoms with Gasteiger partial charge in [0.05, 0.1) is 19.8 Å². The zero-order chi connectivity index (χ0) is 29.3. The van der Waals surface area contributed by atoms with Crippen molar-refractivity contribution in [2.45, 2.75) is 57.7 Å². The van der Waals surface area contributed by atoms with Gasteiger partial charge < -0.3 is 19.7 Å². The summed E-state index contributed by atoms with van der Waals surface area (Å²) in [6.45, 7) is 3.48. The highest BCUT2D eigenvalue weighted by Gasteiger charge is 2.71. The molecule has 0 spiro atoms. The van der Waals surface area contributed by atoms with Gasteiger partial charge in [0.15, 0.2) is 5.78 Å². The van der Waals surface area contributed by atoms with Crippen molar-refractivity contribution in [2.24, 2.45) is 5.41 Å². The van der Waals surface area contributed by atoms with Crippen molar-refractivity contribution in [1.82, 2.24) is 10.2 Å². The summed E-state index contributed by atoms with van der Waals surface area (Å²) in [5.41, 5.74) is -3.19. The summed E-state index contributed by atoms with van der Waals surface area (Å²) in [6, 6.07) is 13.8. The Morgan fingerprint density at radius 3 is 1.93 bits per heavy atom. The molecular weight excluding hydrogens is 525 g/mol. The molecule has 1 atom stereocenters. The van der Waals surface area contributed by atoms with Crippen molar-refractivity contribution in [3.05, 3.63) is 70.9 Å². The van der Waals surface area contributed by atoms with Gasteiger partial charge in [0.25, 0.3) is 5.91 Å². The molecule has 1 N–H and O–H groups in total. The molecule has 0 saturated heterocycles. The van der Waals surface area contributed by atoms with Crippen molar-refractivity contribution >= 4 is 17.6 Å². The van der Waals surface area contributed by atoms with Crippen LogP contribution in [0.2, 0.25) is 0 Å². The number of carbonyl (C=O) groups excluding carboxylic acids is 3. The van der Waals surface area contributed by atoms with Crippen LogP contribution >= 0.6 is 0 Å². The predicted molar refractivity (Wildman–Crippen MR) is 142 cm³/mol. The Bertz CT molecular complexity index is 1320. The highest BCUT2D eigenvalue weighted by molar-refractivity contribution is 6.13. The molecule has 2 aromatic rings.